The van der Waals surface area contributed by atoms with Crippen molar-refractivity contribution >= 4 is 22.5 Å². The molecule has 7 heteroatoms. The molecule has 1 aromatic heterocycles. The van der Waals surface area contributed by atoms with Crippen LogP contribution in [0, 0.1) is 19.7 Å². The first-order valence-corrected chi connectivity index (χ1v) is 10.0. The molecule has 4 rings (SSSR count). The molecule has 0 fully saturated rings. The molecule has 1 N–H and O–H groups in total. The Hall–Kier alpha value is -2.80. The molecule has 2 aromatic carbocycles. The zero-order chi connectivity index (χ0) is 19.1. The van der Waals surface area contributed by atoms with E-state index in [-0.39, 0.29) is 11.7 Å². The highest BCUT2D eigenvalue weighted by molar-refractivity contribution is 7.83. The number of rotatable bonds is 3. The molecule has 27 heavy (non-hydrogen) atoms. The molecule has 0 spiro atoms. The maximum atomic E-state index is 13.3. The Bertz CT molecular complexity index is 1070. The summed E-state index contributed by atoms with van der Waals surface area (Å²) >= 11 is 0. The average molecular weight is 383 g/mol. The molecule has 1 aliphatic heterocycles. The molecular weight excluding hydrogens is 365 g/mol. The lowest BCUT2D eigenvalue weighted by Gasteiger charge is -2.12. The van der Waals surface area contributed by atoms with Gasteiger partial charge in [0.05, 0.1) is 22.9 Å². The second-order valence-corrected chi connectivity index (χ2v) is 8.10. The van der Waals surface area contributed by atoms with Gasteiger partial charge in [-0.1, -0.05) is 6.07 Å². The predicted octanol–water partition coefficient (Wildman–Crippen LogP) is 3.64. The molecule has 2 heterocycles. The van der Waals surface area contributed by atoms with Gasteiger partial charge in [-0.2, -0.15) is 5.10 Å². The van der Waals surface area contributed by atoms with Crippen LogP contribution >= 0.6 is 0 Å². The van der Waals surface area contributed by atoms with Gasteiger partial charge in [0.1, 0.15) is 11.6 Å². The van der Waals surface area contributed by atoms with Gasteiger partial charge in [-0.05, 0) is 61.4 Å². The van der Waals surface area contributed by atoms with Crippen molar-refractivity contribution in [3.8, 4) is 5.69 Å². The molecule has 0 saturated heterocycles. The summed E-state index contributed by atoms with van der Waals surface area (Å²) in [6, 6.07) is 11.4. The molecule has 3 aromatic rings. The number of fused-ring (bicyclic) bond motifs is 1. The van der Waals surface area contributed by atoms with Gasteiger partial charge in [0.25, 0.3) is 5.91 Å². The fraction of sp³-hybridized carbons (Fsp3) is 0.200. The van der Waals surface area contributed by atoms with Crippen molar-refractivity contribution in [2.24, 2.45) is 0 Å². The molecule has 0 saturated carbocycles. The van der Waals surface area contributed by atoms with Gasteiger partial charge < -0.3 is 5.32 Å². The minimum absolute atomic E-state index is 0.262. The summed E-state index contributed by atoms with van der Waals surface area (Å²) in [5.74, 6) is 0.586. The first-order chi connectivity index (χ1) is 12.9. The molecule has 5 nitrogen and oxygen atoms in total. The summed E-state index contributed by atoms with van der Waals surface area (Å²) < 4.78 is 26.8. The number of nitrogens with zero attached hydrogens (tertiary/aromatic N) is 2. The standard InChI is InChI=1S/C20H18FN3O2S/c1-12-3-4-14(9-13(12)2)20(25)22-19-17-10-27(26)11-18(17)23-24(19)16-7-5-15(21)6-8-16/h3-9H,10-11H2,1-2H3,(H,22,25)/t27-/m0/s1. The van der Waals surface area contributed by atoms with E-state index in [0.29, 0.717) is 34.3 Å². The number of nitrogens with one attached hydrogen (secondary N) is 1. The van der Waals surface area contributed by atoms with Crippen LogP contribution in [0.3, 0.4) is 0 Å². The topological polar surface area (TPSA) is 64.0 Å². The van der Waals surface area contributed by atoms with Crippen molar-refractivity contribution in [1.29, 1.82) is 0 Å². The Morgan fingerprint density at radius 1 is 1.11 bits per heavy atom. The SMILES string of the molecule is Cc1ccc(C(=O)Nc2c3c(nn2-c2ccc(F)cc2)C[S@@](=O)C3)cc1C. The molecule has 0 aliphatic carbocycles. The van der Waals surface area contributed by atoms with Crippen molar-refractivity contribution in [3.05, 3.63) is 76.2 Å². The lowest BCUT2D eigenvalue weighted by molar-refractivity contribution is 0.102. The van der Waals surface area contributed by atoms with Crippen molar-refractivity contribution in [2.45, 2.75) is 25.4 Å². The summed E-state index contributed by atoms with van der Waals surface area (Å²) in [5.41, 5.74) is 4.79. The lowest BCUT2D eigenvalue weighted by atomic mass is 10.1. The Kier molecular flexibility index (Phi) is 4.39. The number of hydrogen-bond acceptors (Lipinski definition) is 3. The fourth-order valence-electron chi connectivity index (χ4n) is 3.09. The zero-order valence-electron chi connectivity index (χ0n) is 15.0. The van der Waals surface area contributed by atoms with Gasteiger partial charge in [0.15, 0.2) is 0 Å². The maximum absolute atomic E-state index is 13.3. The second kappa shape index (κ2) is 6.74. The van der Waals surface area contributed by atoms with Crippen LogP contribution in [0.4, 0.5) is 10.2 Å². The first kappa shape index (κ1) is 17.6. The Labute approximate surface area is 158 Å². The highest BCUT2D eigenvalue weighted by atomic mass is 32.2. The third-order valence-corrected chi connectivity index (χ3v) is 5.95. The zero-order valence-corrected chi connectivity index (χ0v) is 15.8. The minimum Gasteiger partial charge on any atom is -0.306 e. The molecule has 0 bridgehead atoms. The molecule has 138 valence electrons. The molecule has 1 aliphatic rings. The summed E-state index contributed by atoms with van der Waals surface area (Å²) in [7, 11) is -1.02. The number of aryl methyl sites for hydroxylation is 2. The van der Waals surface area contributed by atoms with E-state index in [9.17, 15) is 13.4 Å². The van der Waals surface area contributed by atoms with Crippen molar-refractivity contribution in [1.82, 2.24) is 9.78 Å². The average Bonchev–Trinajstić information content (AvgIpc) is 3.15. The van der Waals surface area contributed by atoms with E-state index in [0.717, 1.165) is 16.7 Å². The predicted molar refractivity (Wildman–Crippen MR) is 103 cm³/mol. The summed E-state index contributed by atoms with van der Waals surface area (Å²) in [6.45, 7) is 3.94. The number of carbonyl (C=O) groups is 1. The van der Waals surface area contributed by atoms with E-state index < -0.39 is 10.8 Å². The van der Waals surface area contributed by atoms with E-state index in [1.807, 2.05) is 26.0 Å². The van der Waals surface area contributed by atoms with Gasteiger partial charge in [-0.25, -0.2) is 9.07 Å². The lowest BCUT2D eigenvalue weighted by Crippen LogP contribution is -2.17. The van der Waals surface area contributed by atoms with Crippen LogP contribution in [-0.2, 0) is 22.3 Å². The minimum atomic E-state index is -1.02. The number of benzene rings is 2. The van der Waals surface area contributed by atoms with Crippen LogP contribution < -0.4 is 5.32 Å². The fourth-order valence-corrected chi connectivity index (χ4v) is 4.35. The summed E-state index contributed by atoms with van der Waals surface area (Å²) in [4.78, 5) is 12.8. The Balaban J connectivity index is 1.74. The normalized spacial score (nSPS) is 15.6. The molecule has 1 atom stereocenters. The van der Waals surface area contributed by atoms with E-state index >= 15 is 0 Å². The number of hydrogen-bond donors (Lipinski definition) is 1. The highest BCUT2D eigenvalue weighted by Gasteiger charge is 2.28. The Morgan fingerprint density at radius 2 is 1.85 bits per heavy atom. The monoisotopic (exact) mass is 383 g/mol. The van der Waals surface area contributed by atoms with E-state index in [4.69, 9.17) is 0 Å². The van der Waals surface area contributed by atoms with Crippen LogP contribution in [0.25, 0.3) is 5.69 Å². The van der Waals surface area contributed by atoms with E-state index in [2.05, 4.69) is 10.4 Å². The largest absolute Gasteiger partial charge is 0.306 e. The molecule has 0 radical (unpaired) electrons. The van der Waals surface area contributed by atoms with Gasteiger partial charge in [-0.15, -0.1) is 0 Å². The van der Waals surface area contributed by atoms with Gasteiger partial charge >= 0.3 is 0 Å². The number of carbonyl (C=O) groups excluding carboxylic acids is 1. The van der Waals surface area contributed by atoms with E-state index in [1.54, 1.807) is 22.9 Å². The number of aromatic nitrogens is 2. The maximum Gasteiger partial charge on any atom is 0.256 e. The van der Waals surface area contributed by atoms with Crippen molar-refractivity contribution in [3.63, 3.8) is 0 Å². The van der Waals surface area contributed by atoms with Crippen molar-refractivity contribution < 1.29 is 13.4 Å². The number of amides is 1. The first-order valence-electron chi connectivity index (χ1n) is 8.52. The second-order valence-electron chi connectivity index (χ2n) is 6.64. The highest BCUT2D eigenvalue weighted by Crippen LogP contribution is 2.31. The van der Waals surface area contributed by atoms with Crippen LogP contribution in [-0.4, -0.2) is 19.9 Å². The molecule has 1 amide bonds. The third-order valence-electron chi connectivity index (χ3n) is 4.74. The Morgan fingerprint density at radius 3 is 2.56 bits per heavy atom. The van der Waals surface area contributed by atoms with Gasteiger partial charge in [-0.3, -0.25) is 9.00 Å². The van der Waals surface area contributed by atoms with E-state index in [1.165, 1.54) is 12.1 Å². The number of anilines is 1. The van der Waals surface area contributed by atoms with Crippen molar-refractivity contribution in [2.75, 3.05) is 5.32 Å². The van der Waals surface area contributed by atoms with Crippen LogP contribution in [0.5, 0.6) is 0 Å². The molecular formula is C20H18FN3O2S. The summed E-state index contributed by atoms with van der Waals surface area (Å²) in [6.07, 6.45) is 0. The van der Waals surface area contributed by atoms with Crippen LogP contribution in [0.1, 0.15) is 32.7 Å². The quantitative estimate of drug-likeness (QED) is 0.751. The van der Waals surface area contributed by atoms with Crippen LogP contribution in [0.2, 0.25) is 0 Å². The third kappa shape index (κ3) is 3.30. The smallest absolute Gasteiger partial charge is 0.256 e. The number of halogens is 1. The molecule has 0 unspecified atom stereocenters. The van der Waals surface area contributed by atoms with Gasteiger partial charge in [0.2, 0.25) is 0 Å². The van der Waals surface area contributed by atoms with Crippen LogP contribution in [0.15, 0.2) is 42.5 Å². The summed E-state index contributed by atoms with van der Waals surface area (Å²) in [5, 5.41) is 7.43. The van der Waals surface area contributed by atoms with Gasteiger partial charge in [0, 0.05) is 21.9 Å².